The largest absolute Gasteiger partial charge is 0.474 e. The van der Waals surface area contributed by atoms with Crippen LogP contribution in [0.5, 0.6) is 5.88 Å². The maximum Gasteiger partial charge on any atom is 0.213 e. The predicted octanol–water partition coefficient (Wildman–Crippen LogP) is 6.15. The Hall–Kier alpha value is -3.70. The van der Waals surface area contributed by atoms with Crippen molar-refractivity contribution in [3.8, 4) is 17.0 Å². The quantitative estimate of drug-likeness (QED) is 0.333. The third-order valence-electron chi connectivity index (χ3n) is 6.41. The lowest BCUT2D eigenvalue weighted by Crippen LogP contribution is -2.36. The molecule has 3 heterocycles. The molecular weight excluding hydrogens is 410 g/mol. The highest BCUT2D eigenvalue weighted by Crippen LogP contribution is 2.32. The van der Waals surface area contributed by atoms with Gasteiger partial charge in [0.25, 0.3) is 0 Å². The Kier molecular flexibility index (Phi) is 5.25. The first-order valence-corrected chi connectivity index (χ1v) is 11.4. The molecule has 0 spiro atoms. The second kappa shape index (κ2) is 8.68. The zero-order valence-corrected chi connectivity index (χ0v) is 18.3. The number of nitrogens with one attached hydrogen (secondary N) is 1. The molecule has 1 saturated carbocycles. The topological polar surface area (TPSA) is 60.0 Å². The summed E-state index contributed by atoms with van der Waals surface area (Å²) in [5.41, 5.74) is 5.62. The van der Waals surface area contributed by atoms with Crippen molar-refractivity contribution in [3.05, 3.63) is 90.9 Å². The average Bonchev–Trinajstić information content (AvgIpc) is 3.21. The van der Waals surface area contributed by atoms with Gasteiger partial charge in [0.05, 0.1) is 13.2 Å². The highest BCUT2D eigenvalue weighted by molar-refractivity contribution is 6.07. The average molecular weight is 436 g/mol. The zero-order valence-electron chi connectivity index (χ0n) is 18.3. The minimum atomic E-state index is 0.227. The van der Waals surface area contributed by atoms with Gasteiger partial charge in [-0.05, 0) is 48.1 Å². The van der Waals surface area contributed by atoms with E-state index in [0.29, 0.717) is 18.4 Å². The normalized spacial score (nSPS) is 17.8. The standard InChI is InChI=1S/C28H25N3O2/c1-2-4-19(5-3-1)17-32-18-20-12-23(13-20)33-28-9-7-22(15-30-28)21-6-8-24-25-16-29-11-10-26(25)31-27(24)14-21/h1-11,14-16,20,23,31H,12-13,17-18H2/t20-,23-. The van der Waals surface area contributed by atoms with Crippen LogP contribution in [0.25, 0.3) is 32.9 Å². The lowest BCUT2D eigenvalue weighted by Gasteiger charge is -2.34. The van der Waals surface area contributed by atoms with Crippen LogP contribution in [-0.2, 0) is 11.3 Å². The number of pyridine rings is 2. The number of fused-ring (bicyclic) bond motifs is 3. The van der Waals surface area contributed by atoms with Crippen LogP contribution in [0.3, 0.4) is 0 Å². The van der Waals surface area contributed by atoms with Crippen molar-refractivity contribution in [2.75, 3.05) is 6.61 Å². The molecule has 1 aliphatic rings. The molecule has 6 rings (SSSR count). The highest BCUT2D eigenvalue weighted by Gasteiger charge is 2.31. The van der Waals surface area contributed by atoms with Crippen LogP contribution < -0.4 is 4.74 Å². The first kappa shape index (κ1) is 19.9. The SMILES string of the molecule is c1ccc(COC[C@H]2C[C@H](Oc3ccc(-c4ccc5c(c4)[nH]c4ccncc45)cn3)C2)cc1. The van der Waals surface area contributed by atoms with Gasteiger partial charge in [0.15, 0.2) is 0 Å². The van der Waals surface area contributed by atoms with E-state index < -0.39 is 0 Å². The Bertz CT molecular complexity index is 1370. The van der Waals surface area contributed by atoms with Gasteiger partial charge in [-0.2, -0.15) is 0 Å². The first-order valence-electron chi connectivity index (χ1n) is 11.4. The molecule has 1 N–H and O–H groups in total. The minimum absolute atomic E-state index is 0.227. The van der Waals surface area contributed by atoms with Gasteiger partial charge in [0.2, 0.25) is 5.88 Å². The number of aromatic amines is 1. The second-order valence-corrected chi connectivity index (χ2v) is 8.77. The molecule has 5 heteroatoms. The molecule has 0 aliphatic heterocycles. The summed E-state index contributed by atoms with van der Waals surface area (Å²) in [5, 5.41) is 2.33. The molecule has 0 amide bonds. The van der Waals surface area contributed by atoms with Crippen LogP contribution >= 0.6 is 0 Å². The second-order valence-electron chi connectivity index (χ2n) is 8.77. The van der Waals surface area contributed by atoms with Gasteiger partial charge >= 0.3 is 0 Å². The molecule has 0 unspecified atom stereocenters. The molecule has 1 aliphatic carbocycles. The van der Waals surface area contributed by atoms with E-state index in [1.54, 1.807) is 0 Å². The minimum Gasteiger partial charge on any atom is -0.474 e. The molecule has 0 radical (unpaired) electrons. The van der Waals surface area contributed by atoms with Gasteiger partial charge in [-0.1, -0.05) is 42.5 Å². The Morgan fingerprint density at radius 2 is 1.73 bits per heavy atom. The van der Waals surface area contributed by atoms with Crippen molar-refractivity contribution in [2.24, 2.45) is 5.92 Å². The first-order chi connectivity index (χ1) is 16.3. The van der Waals surface area contributed by atoms with Gasteiger partial charge in [-0.15, -0.1) is 0 Å². The smallest absolute Gasteiger partial charge is 0.213 e. The van der Waals surface area contributed by atoms with E-state index >= 15 is 0 Å². The molecule has 0 bridgehead atoms. The summed E-state index contributed by atoms with van der Waals surface area (Å²) in [4.78, 5) is 12.3. The van der Waals surface area contributed by atoms with Crippen molar-refractivity contribution in [3.63, 3.8) is 0 Å². The Morgan fingerprint density at radius 1 is 0.848 bits per heavy atom. The molecular formula is C28H25N3O2. The number of H-pyrrole nitrogens is 1. The number of hydrogen-bond donors (Lipinski definition) is 1. The van der Waals surface area contributed by atoms with Crippen molar-refractivity contribution >= 4 is 21.8 Å². The fourth-order valence-electron chi connectivity index (χ4n) is 4.54. The van der Waals surface area contributed by atoms with Crippen LogP contribution in [0.15, 0.2) is 85.3 Å². The van der Waals surface area contributed by atoms with E-state index in [1.165, 1.54) is 10.9 Å². The van der Waals surface area contributed by atoms with Crippen LogP contribution in [-0.4, -0.2) is 27.7 Å². The predicted molar refractivity (Wildman–Crippen MR) is 130 cm³/mol. The molecule has 5 aromatic rings. The van der Waals surface area contributed by atoms with Crippen LogP contribution in [0.4, 0.5) is 0 Å². The van der Waals surface area contributed by atoms with Crippen LogP contribution in [0.1, 0.15) is 18.4 Å². The summed E-state index contributed by atoms with van der Waals surface area (Å²) in [6.45, 7) is 1.46. The summed E-state index contributed by atoms with van der Waals surface area (Å²) in [6.07, 6.45) is 7.87. The lowest BCUT2D eigenvalue weighted by molar-refractivity contribution is -0.00422. The Balaban J connectivity index is 1.04. The number of nitrogens with zero attached hydrogens (tertiary/aromatic N) is 2. The molecule has 33 heavy (non-hydrogen) atoms. The zero-order chi connectivity index (χ0) is 22.0. The molecule has 1 fully saturated rings. The molecule has 0 atom stereocenters. The maximum absolute atomic E-state index is 6.07. The van der Waals surface area contributed by atoms with E-state index in [4.69, 9.17) is 9.47 Å². The molecule has 2 aromatic carbocycles. The lowest BCUT2D eigenvalue weighted by atomic mass is 9.83. The van der Waals surface area contributed by atoms with Gasteiger partial charge in [0.1, 0.15) is 6.10 Å². The van der Waals surface area contributed by atoms with Crippen LogP contribution in [0.2, 0.25) is 0 Å². The fraction of sp³-hybridized carbons (Fsp3) is 0.214. The van der Waals surface area contributed by atoms with Gasteiger partial charge < -0.3 is 14.5 Å². The maximum atomic E-state index is 6.07. The number of aromatic nitrogens is 3. The van der Waals surface area contributed by atoms with E-state index in [-0.39, 0.29) is 6.10 Å². The molecule has 5 nitrogen and oxygen atoms in total. The number of hydrogen-bond acceptors (Lipinski definition) is 4. The Labute approximate surface area is 192 Å². The third-order valence-corrected chi connectivity index (χ3v) is 6.41. The van der Waals surface area contributed by atoms with Crippen LogP contribution in [0, 0.1) is 5.92 Å². The van der Waals surface area contributed by atoms with Gasteiger partial charge in [-0.3, -0.25) is 4.98 Å². The highest BCUT2D eigenvalue weighted by atomic mass is 16.5. The van der Waals surface area contributed by atoms with Crippen molar-refractivity contribution in [1.29, 1.82) is 0 Å². The molecule has 0 saturated heterocycles. The third kappa shape index (κ3) is 4.20. The van der Waals surface area contributed by atoms with Gasteiger partial charge in [-0.25, -0.2) is 4.98 Å². The Morgan fingerprint density at radius 3 is 2.58 bits per heavy atom. The molecule has 3 aromatic heterocycles. The van der Waals surface area contributed by atoms with Crippen molar-refractivity contribution in [2.45, 2.75) is 25.6 Å². The van der Waals surface area contributed by atoms with Gasteiger partial charge in [0, 0.05) is 52.0 Å². The van der Waals surface area contributed by atoms with E-state index in [9.17, 15) is 0 Å². The summed E-state index contributed by atoms with van der Waals surface area (Å²) in [7, 11) is 0. The fourth-order valence-corrected chi connectivity index (χ4v) is 4.54. The molecule has 164 valence electrons. The monoisotopic (exact) mass is 435 g/mol. The van der Waals surface area contributed by atoms with E-state index in [0.717, 1.165) is 47.0 Å². The summed E-state index contributed by atoms with van der Waals surface area (Å²) in [6, 6.07) is 22.8. The number of rotatable bonds is 7. The summed E-state index contributed by atoms with van der Waals surface area (Å²) < 4.78 is 11.9. The van der Waals surface area contributed by atoms with E-state index in [2.05, 4.69) is 51.4 Å². The summed E-state index contributed by atoms with van der Waals surface area (Å²) >= 11 is 0. The van der Waals surface area contributed by atoms with Crippen molar-refractivity contribution in [1.82, 2.24) is 15.0 Å². The summed E-state index contributed by atoms with van der Waals surface area (Å²) in [5.74, 6) is 1.25. The van der Waals surface area contributed by atoms with E-state index in [1.807, 2.05) is 48.9 Å². The number of benzene rings is 2. The van der Waals surface area contributed by atoms with Crippen molar-refractivity contribution < 1.29 is 9.47 Å². The number of ether oxygens (including phenoxy) is 2.